The second-order valence-corrected chi connectivity index (χ2v) is 40.2. The minimum absolute atomic E-state index is 0.235. The van der Waals surface area contributed by atoms with Gasteiger partial charge in [-0.25, -0.2) is 9.97 Å². The normalized spacial score (nSPS) is 15.4. The molecule has 4 aliphatic rings. The van der Waals surface area contributed by atoms with Crippen LogP contribution in [0.25, 0.3) is 141 Å². The van der Waals surface area contributed by atoms with E-state index in [1.807, 2.05) is 95.5 Å². The van der Waals surface area contributed by atoms with Gasteiger partial charge in [-0.2, -0.15) is 19.9 Å². The lowest BCUT2D eigenvalue weighted by molar-refractivity contribution is -0.150. The molecule has 6 aromatic heterocycles. The van der Waals surface area contributed by atoms with Gasteiger partial charge in [-0.05, 0) is 198 Å². The molecule has 0 radical (unpaired) electrons. The number of fused-ring (bicyclic) bond motifs is 13. The number of aromatic nitrogens is 8. The minimum Gasteiger partial charge on any atom is -0.381 e. The number of nitrogens with zero attached hydrogens (tertiary/aromatic N) is 8. The Labute approximate surface area is 806 Å². The smallest absolute Gasteiger partial charge is 0.238 e. The molecule has 10 heterocycles. The lowest BCUT2D eigenvalue weighted by Crippen LogP contribution is -2.45. The molecule has 22 heteroatoms. The van der Waals surface area contributed by atoms with Crippen molar-refractivity contribution in [1.29, 1.82) is 0 Å². The zero-order chi connectivity index (χ0) is 92.4. The van der Waals surface area contributed by atoms with Gasteiger partial charge in [-0.1, -0.05) is 173 Å². The molecule has 4 fully saturated rings. The highest BCUT2D eigenvalue weighted by Crippen LogP contribution is 2.47. The van der Waals surface area contributed by atoms with Crippen molar-refractivity contribution in [1.82, 2.24) is 39.0 Å². The fourth-order valence-corrected chi connectivity index (χ4v) is 21.0. The van der Waals surface area contributed by atoms with E-state index in [4.69, 9.17) is 86.7 Å². The first-order valence-electron chi connectivity index (χ1n) is 49.6. The molecular weight excluding hydrogens is 1740 g/mol. The highest BCUT2D eigenvalue weighted by Gasteiger charge is 2.40. The maximum Gasteiger partial charge on any atom is 0.238 e. The van der Waals surface area contributed by atoms with E-state index in [1.165, 1.54) is 56.9 Å². The molecule has 0 N–H and O–H groups in total. The van der Waals surface area contributed by atoms with Gasteiger partial charge in [-0.3, -0.25) is 9.13 Å². The van der Waals surface area contributed by atoms with Gasteiger partial charge in [0.25, 0.3) is 0 Å². The quantitative estimate of drug-likeness (QED) is 0.0326. The van der Waals surface area contributed by atoms with Crippen LogP contribution in [0.2, 0.25) is 0 Å². The Hall–Kier alpha value is -10.2. The Bertz CT molecular complexity index is 6390. The van der Waals surface area contributed by atoms with Crippen molar-refractivity contribution in [3.05, 3.63) is 241 Å². The largest absolute Gasteiger partial charge is 0.381 e. The summed E-state index contributed by atoms with van der Waals surface area (Å²) >= 11 is 3.67. The Morgan fingerprint density at radius 1 is 0.257 bits per heavy atom. The van der Waals surface area contributed by atoms with E-state index >= 15 is 0 Å². The molecule has 0 aliphatic carbocycles. The van der Waals surface area contributed by atoms with E-state index in [9.17, 15) is 0 Å². The summed E-state index contributed by atoms with van der Waals surface area (Å²) < 4.78 is 80.5. The predicted molar refractivity (Wildman–Crippen MR) is 547 cm³/mol. The zero-order valence-electron chi connectivity index (χ0n) is 79.4. The molecule has 136 heavy (non-hydrogen) atoms. The summed E-state index contributed by atoms with van der Waals surface area (Å²) in [4.78, 5) is 30.9. The first-order chi connectivity index (χ1) is 67.1. The number of benzene rings is 10. The molecule has 0 spiro atoms. The third-order valence-electron chi connectivity index (χ3n) is 28.0. The number of thiophene rings is 2. The van der Waals surface area contributed by atoms with E-state index in [0.717, 1.165) is 293 Å². The third-order valence-corrected chi connectivity index (χ3v) is 30.3. The van der Waals surface area contributed by atoms with Gasteiger partial charge in [0.05, 0.1) is 128 Å². The van der Waals surface area contributed by atoms with Crippen molar-refractivity contribution >= 4 is 107 Å². The average Bonchev–Trinajstić information content (AvgIpc) is 1.55. The molecule has 10 aromatic carbocycles. The number of ether oxygens (including phenoxy) is 12. The van der Waals surface area contributed by atoms with Gasteiger partial charge >= 0.3 is 0 Å². The molecule has 708 valence electrons. The second-order valence-electron chi connectivity index (χ2n) is 38.0. The summed E-state index contributed by atoms with van der Waals surface area (Å²) in [6, 6.07) is 76.9. The fraction of sp³-hybridized carbons (Fsp3) is 0.421. The Balaban J connectivity index is 0.000000174. The van der Waals surface area contributed by atoms with Crippen LogP contribution in [-0.4, -0.2) is 171 Å². The molecule has 0 bridgehead atoms. The summed E-state index contributed by atoms with van der Waals surface area (Å²) in [5.74, 6) is 3.67. The summed E-state index contributed by atoms with van der Waals surface area (Å²) in [6.45, 7) is 27.0. The van der Waals surface area contributed by atoms with E-state index in [1.54, 1.807) is 0 Å². The Kier molecular flexibility index (Phi) is 31.4. The van der Waals surface area contributed by atoms with Crippen LogP contribution < -0.4 is 0 Å². The van der Waals surface area contributed by atoms with Crippen molar-refractivity contribution < 1.29 is 56.8 Å². The molecule has 0 amide bonds. The molecular formula is C114H128N8O12S2. The SMILES string of the molecule is CCC1(COCCCCCOCc2ccc3sc4cc5c6cc(COCCCCCOCC7(CC)COC7)ccc6n(-c6nc(-c7ccccc7)nc(-c7ccccc7)n6)c5cc4c3c2)COC1.CCC1(COCCCCCOCc2ccc3sc4ccc5c(c6cc(COCCCCCOCC7(CC)COC7)ccc6n5-c5nc(-c6ccccc6)nc(-c6ccccc6)n5)c4c3c2)COC1. The summed E-state index contributed by atoms with van der Waals surface area (Å²) in [7, 11) is 0. The van der Waals surface area contributed by atoms with Crippen molar-refractivity contribution in [2.45, 2.75) is 157 Å². The van der Waals surface area contributed by atoms with Crippen LogP contribution in [0.1, 0.15) is 153 Å². The average molecular weight is 1870 g/mol. The van der Waals surface area contributed by atoms with E-state index in [2.05, 4.69) is 182 Å². The second kappa shape index (κ2) is 45.1. The van der Waals surface area contributed by atoms with Crippen molar-refractivity contribution in [2.24, 2.45) is 21.7 Å². The van der Waals surface area contributed by atoms with Gasteiger partial charge in [0.1, 0.15) is 0 Å². The molecule has 20 rings (SSSR count). The standard InChI is InChI=1S/2C57H64N4O6S/c1-3-56(37-66-38-56)35-64-29-15-7-13-27-62-33-41-21-23-47-45(31-41)51-48(61(47)55-59-53(43-17-9-5-10-18-43)58-54(60-55)44-19-11-6-12-20-44)24-26-50-52(51)46-32-42(22-25-49(46)68-50)34-63-28-14-8-16-30-65-36-57(4-2)39-67-40-57;1-3-56(37-66-38-56)35-64-27-15-7-13-25-62-33-41-21-23-49-45(29-41)46-32-52-48(47-30-42(22-24-51(47)68-52)34-63-26-14-8-16-28-65-36-57(4-2)39-67-40-57)31-50(46)61(49)55-59-53(43-17-9-5-10-18-43)58-54(60-55)44-19-11-6-12-20-44/h5-6,9-12,17-26,31-32H,3-4,7-8,13-16,27-30,33-40H2,1-2H3;5-6,9-12,17-24,29-32H,3-4,7-8,13-16,25-28,33-40H2,1-2H3. The number of hydrogen-bond acceptors (Lipinski definition) is 20. The molecule has 0 unspecified atom stereocenters. The first kappa shape index (κ1) is 94.7. The Morgan fingerprint density at radius 3 is 0.919 bits per heavy atom. The molecule has 20 nitrogen and oxygen atoms in total. The molecule has 0 atom stereocenters. The number of hydrogen-bond donors (Lipinski definition) is 0. The first-order valence-corrected chi connectivity index (χ1v) is 51.2. The van der Waals surface area contributed by atoms with Crippen LogP contribution in [0.15, 0.2) is 218 Å². The lowest BCUT2D eigenvalue weighted by atomic mass is 9.84. The third kappa shape index (κ3) is 22.1. The maximum atomic E-state index is 6.35. The zero-order valence-corrected chi connectivity index (χ0v) is 81.0. The van der Waals surface area contributed by atoms with E-state index < -0.39 is 0 Å². The maximum absolute atomic E-state index is 6.35. The van der Waals surface area contributed by atoms with Crippen molar-refractivity contribution in [2.75, 3.05) is 132 Å². The van der Waals surface area contributed by atoms with Crippen LogP contribution in [0.5, 0.6) is 0 Å². The summed E-state index contributed by atoms with van der Waals surface area (Å²) in [5.41, 5.74) is 13.5. The van der Waals surface area contributed by atoms with Gasteiger partial charge < -0.3 is 56.8 Å². The topological polar surface area (TPSA) is 198 Å². The predicted octanol–water partition coefficient (Wildman–Crippen LogP) is 25.9. The lowest BCUT2D eigenvalue weighted by Gasteiger charge is -2.40. The van der Waals surface area contributed by atoms with Gasteiger partial charge in [0, 0.05) is 159 Å². The van der Waals surface area contributed by atoms with Crippen LogP contribution in [0.4, 0.5) is 0 Å². The van der Waals surface area contributed by atoms with Crippen LogP contribution >= 0.6 is 22.7 Å². The summed E-state index contributed by atoms with van der Waals surface area (Å²) in [5, 5.41) is 9.52. The highest BCUT2D eigenvalue weighted by molar-refractivity contribution is 7.26. The highest BCUT2D eigenvalue weighted by atomic mass is 32.1. The van der Waals surface area contributed by atoms with Crippen molar-refractivity contribution in [3.63, 3.8) is 0 Å². The molecule has 4 saturated heterocycles. The van der Waals surface area contributed by atoms with Crippen LogP contribution in [0.3, 0.4) is 0 Å². The van der Waals surface area contributed by atoms with Gasteiger partial charge in [0.15, 0.2) is 23.3 Å². The minimum atomic E-state index is 0.235. The monoisotopic (exact) mass is 1860 g/mol. The van der Waals surface area contributed by atoms with Crippen LogP contribution in [0, 0.1) is 21.7 Å². The molecule has 16 aromatic rings. The van der Waals surface area contributed by atoms with Crippen molar-refractivity contribution in [3.8, 4) is 57.4 Å². The van der Waals surface area contributed by atoms with Gasteiger partial charge in [-0.15, -0.1) is 22.7 Å². The van der Waals surface area contributed by atoms with Gasteiger partial charge in [0.2, 0.25) is 11.9 Å². The number of unbranched alkanes of at least 4 members (excludes halogenated alkanes) is 8. The fourth-order valence-electron chi connectivity index (χ4n) is 18.8. The summed E-state index contributed by atoms with van der Waals surface area (Å²) in [6.07, 6.45) is 17.0. The van der Waals surface area contributed by atoms with Crippen LogP contribution in [-0.2, 0) is 83.3 Å². The molecule has 0 saturated carbocycles. The Morgan fingerprint density at radius 2 is 0.551 bits per heavy atom. The van der Waals surface area contributed by atoms with E-state index in [0.29, 0.717) is 74.8 Å². The molecule has 4 aliphatic heterocycles. The van der Waals surface area contributed by atoms with E-state index in [-0.39, 0.29) is 21.7 Å². The number of rotatable bonds is 50.